The van der Waals surface area contributed by atoms with Gasteiger partial charge in [-0.3, -0.25) is 0 Å². The predicted octanol–water partition coefficient (Wildman–Crippen LogP) is 3.68. The van der Waals surface area contributed by atoms with Crippen LogP contribution in [0.5, 0.6) is 0 Å². The van der Waals surface area contributed by atoms with E-state index in [1.54, 1.807) is 0 Å². The Kier molecular flexibility index (Phi) is 4.32. The molecule has 0 saturated heterocycles. The van der Waals surface area contributed by atoms with Crippen LogP contribution in [-0.2, 0) is 5.54 Å². The molecule has 0 amide bonds. The van der Waals surface area contributed by atoms with Crippen molar-refractivity contribution in [3.63, 3.8) is 0 Å². The van der Waals surface area contributed by atoms with Crippen LogP contribution in [-0.4, -0.2) is 10.1 Å². The molecule has 0 atom stereocenters. The summed E-state index contributed by atoms with van der Waals surface area (Å²) in [5, 5.41) is 4.31. The Bertz CT molecular complexity index is 611. The average Bonchev–Trinajstić information content (AvgIpc) is 3.02. The molecule has 20 heavy (non-hydrogen) atoms. The van der Waals surface area contributed by atoms with E-state index in [4.69, 9.17) is 21.9 Å². The van der Waals surface area contributed by atoms with Crippen molar-refractivity contribution in [2.24, 2.45) is 5.73 Å². The van der Waals surface area contributed by atoms with E-state index in [2.05, 4.69) is 10.1 Å². The SMILES string of the molecule is Cl.NC1(c2noc(-c3cc(Cl)ccc3F)n2)CCCC1. The number of aromatic nitrogens is 2. The van der Waals surface area contributed by atoms with Gasteiger partial charge in [0.25, 0.3) is 5.89 Å². The number of rotatable bonds is 2. The van der Waals surface area contributed by atoms with Crippen molar-refractivity contribution in [1.29, 1.82) is 0 Å². The summed E-state index contributed by atoms with van der Waals surface area (Å²) in [4.78, 5) is 4.23. The molecule has 2 aromatic rings. The molecule has 108 valence electrons. The van der Waals surface area contributed by atoms with Crippen LogP contribution in [0, 0.1) is 5.82 Å². The normalized spacial score (nSPS) is 16.9. The summed E-state index contributed by atoms with van der Waals surface area (Å²) in [6.07, 6.45) is 3.74. The Morgan fingerprint density at radius 3 is 2.70 bits per heavy atom. The number of nitrogens with zero attached hydrogens (tertiary/aromatic N) is 2. The van der Waals surface area contributed by atoms with Gasteiger partial charge < -0.3 is 10.3 Å². The van der Waals surface area contributed by atoms with E-state index in [1.807, 2.05) is 0 Å². The molecule has 1 aliphatic carbocycles. The first-order chi connectivity index (χ1) is 9.08. The van der Waals surface area contributed by atoms with Crippen LogP contribution >= 0.6 is 24.0 Å². The van der Waals surface area contributed by atoms with Gasteiger partial charge in [-0.15, -0.1) is 12.4 Å². The zero-order chi connectivity index (χ0) is 13.5. The lowest BCUT2D eigenvalue weighted by molar-refractivity contribution is 0.372. The fraction of sp³-hybridized carbons (Fsp3) is 0.385. The lowest BCUT2D eigenvalue weighted by Crippen LogP contribution is -2.34. The molecule has 1 aliphatic rings. The fourth-order valence-corrected chi connectivity index (χ4v) is 2.60. The largest absolute Gasteiger partial charge is 0.334 e. The van der Waals surface area contributed by atoms with E-state index in [-0.39, 0.29) is 23.9 Å². The first kappa shape index (κ1) is 15.2. The minimum absolute atomic E-state index is 0. The van der Waals surface area contributed by atoms with Crippen molar-refractivity contribution in [2.75, 3.05) is 0 Å². The molecule has 0 spiro atoms. The third-order valence-electron chi connectivity index (χ3n) is 3.53. The minimum atomic E-state index is -0.545. The van der Waals surface area contributed by atoms with Crippen molar-refractivity contribution in [1.82, 2.24) is 10.1 Å². The van der Waals surface area contributed by atoms with E-state index < -0.39 is 11.4 Å². The maximum absolute atomic E-state index is 13.7. The van der Waals surface area contributed by atoms with Crippen LogP contribution in [0.15, 0.2) is 22.7 Å². The van der Waals surface area contributed by atoms with Crippen molar-refractivity contribution in [3.8, 4) is 11.5 Å². The highest BCUT2D eigenvalue weighted by atomic mass is 35.5. The van der Waals surface area contributed by atoms with Gasteiger partial charge >= 0.3 is 0 Å². The van der Waals surface area contributed by atoms with Crippen LogP contribution in [0.4, 0.5) is 4.39 Å². The van der Waals surface area contributed by atoms with Crippen LogP contribution in [0.1, 0.15) is 31.5 Å². The number of hydrogen-bond donors (Lipinski definition) is 1. The highest BCUT2D eigenvalue weighted by Gasteiger charge is 2.36. The van der Waals surface area contributed by atoms with Crippen molar-refractivity contribution >= 4 is 24.0 Å². The molecule has 3 rings (SSSR count). The molecule has 1 aromatic heterocycles. The van der Waals surface area contributed by atoms with Gasteiger partial charge in [-0.05, 0) is 31.0 Å². The average molecular weight is 318 g/mol. The van der Waals surface area contributed by atoms with Crippen LogP contribution in [0.25, 0.3) is 11.5 Å². The fourth-order valence-electron chi connectivity index (χ4n) is 2.43. The predicted molar refractivity (Wildman–Crippen MR) is 76.3 cm³/mol. The van der Waals surface area contributed by atoms with E-state index >= 15 is 0 Å². The molecule has 1 heterocycles. The molecule has 0 bridgehead atoms. The van der Waals surface area contributed by atoms with E-state index in [1.165, 1.54) is 18.2 Å². The van der Waals surface area contributed by atoms with Gasteiger partial charge in [-0.1, -0.05) is 29.6 Å². The maximum Gasteiger partial charge on any atom is 0.261 e. The first-order valence-electron chi connectivity index (χ1n) is 6.17. The molecule has 7 heteroatoms. The van der Waals surface area contributed by atoms with Gasteiger partial charge in [-0.2, -0.15) is 4.98 Å². The molecule has 1 fully saturated rings. The Labute approximate surface area is 126 Å². The van der Waals surface area contributed by atoms with Gasteiger partial charge in [-0.25, -0.2) is 4.39 Å². The highest BCUT2D eigenvalue weighted by molar-refractivity contribution is 6.30. The summed E-state index contributed by atoms with van der Waals surface area (Å²) in [7, 11) is 0. The van der Waals surface area contributed by atoms with Crippen molar-refractivity contribution < 1.29 is 8.91 Å². The second-order valence-corrected chi connectivity index (χ2v) is 5.35. The smallest absolute Gasteiger partial charge is 0.261 e. The third kappa shape index (κ3) is 2.66. The van der Waals surface area contributed by atoms with Crippen molar-refractivity contribution in [3.05, 3.63) is 34.9 Å². The van der Waals surface area contributed by atoms with E-state index in [0.717, 1.165) is 25.7 Å². The zero-order valence-corrected chi connectivity index (χ0v) is 12.2. The van der Waals surface area contributed by atoms with Crippen LogP contribution in [0.3, 0.4) is 0 Å². The summed E-state index contributed by atoms with van der Waals surface area (Å²) < 4.78 is 18.8. The number of hydrogen-bond acceptors (Lipinski definition) is 4. The van der Waals surface area contributed by atoms with Crippen LogP contribution < -0.4 is 5.73 Å². The van der Waals surface area contributed by atoms with Gasteiger partial charge in [0.15, 0.2) is 5.82 Å². The van der Waals surface area contributed by atoms with E-state index in [9.17, 15) is 4.39 Å². The Morgan fingerprint density at radius 2 is 2.00 bits per heavy atom. The van der Waals surface area contributed by atoms with Crippen molar-refractivity contribution in [2.45, 2.75) is 31.2 Å². The van der Waals surface area contributed by atoms with E-state index in [0.29, 0.717) is 10.8 Å². The number of benzene rings is 1. The summed E-state index contributed by atoms with van der Waals surface area (Å²) in [6, 6.07) is 4.21. The van der Waals surface area contributed by atoms with Gasteiger partial charge in [0.1, 0.15) is 5.82 Å². The first-order valence-corrected chi connectivity index (χ1v) is 6.55. The topological polar surface area (TPSA) is 64.9 Å². The quantitative estimate of drug-likeness (QED) is 0.917. The summed E-state index contributed by atoms with van der Waals surface area (Å²) in [6.45, 7) is 0. The molecule has 4 nitrogen and oxygen atoms in total. The molecule has 0 aliphatic heterocycles. The maximum atomic E-state index is 13.7. The molecule has 0 radical (unpaired) electrons. The minimum Gasteiger partial charge on any atom is -0.334 e. The number of halogens is 3. The summed E-state index contributed by atoms with van der Waals surface area (Å²) in [5.41, 5.74) is 5.89. The summed E-state index contributed by atoms with van der Waals surface area (Å²) in [5.74, 6) is 0.114. The molecular weight excluding hydrogens is 304 g/mol. The third-order valence-corrected chi connectivity index (χ3v) is 3.76. The second kappa shape index (κ2) is 5.68. The van der Waals surface area contributed by atoms with Gasteiger partial charge in [0.2, 0.25) is 0 Å². The Morgan fingerprint density at radius 1 is 1.30 bits per heavy atom. The summed E-state index contributed by atoms with van der Waals surface area (Å²) >= 11 is 5.85. The van der Waals surface area contributed by atoms with Gasteiger partial charge in [0, 0.05) is 5.02 Å². The van der Waals surface area contributed by atoms with Crippen LogP contribution in [0.2, 0.25) is 5.02 Å². The molecule has 0 unspecified atom stereocenters. The number of nitrogens with two attached hydrogens (primary N) is 1. The highest BCUT2D eigenvalue weighted by Crippen LogP contribution is 2.35. The monoisotopic (exact) mass is 317 g/mol. The van der Waals surface area contributed by atoms with Gasteiger partial charge in [0.05, 0.1) is 11.1 Å². The second-order valence-electron chi connectivity index (χ2n) is 4.91. The molecule has 2 N–H and O–H groups in total. The molecular formula is C13H14Cl2FN3O. The standard InChI is InChI=1S/C13H13ClFN3O.ClH/c14-8-3-4-10(15)9(7-8)11-17-12(18-19-11)13(16)5-1-2-6-13;/h3-4,7H,1-2,5-6,16H2;1H. The Balaban J connectivity index is 0.00000147. The zero-order valence-electron chi connectivity index (χ0n) is 10.6. The Hall–Kier alpha value is -1.17. The molecule has 1 saturated carbocycles. The lowest BCUT2D eigenvalue weighted by atomic mass is 9.99. The lowest BCUT2D eigenvalue weighted by Gasteiger charge is -2.17. The molecule has 1 aromatic carbocycles.